The maximum Gasteiger partial charge on any atom is 0.407 e. The number of ether oxygens (including phenoxy) is 1. The Hall–Kier alpha value is -3.39. The van der Waals surface area contributed by atoms with Gasteiger partial charge in [0, 0.05) is 24.9 Å². The Morgan fingerprint density at radius 3 is 2.26 bits per heavy atom. The van der Waals surface area contributed by atoms with Crippen molar-refractivity contribution >= 4 is 18.0 Å². The minimum absolute atomic E-state index is 0.00242. The number of nitrogens with zero attached hydrogens (tertiary/aromatic N) is 1. The number of aliphatic carboxylic acids is 1. The summed E-state index contributed by atoms with van der Waals surface area (Å²) >= 11 is 0. The first-order valence-corrected chi connectivity index (χ1v) is 12.0. The molecule has 1 fully saturated rings. The first kappa shape index (κ1) is 24.7. The van der Waals surface area contributed by atoms with Crippen molar-refractivity contribution in [2.75, 3.05) is 19.7 Å². The van der Waals surface area contributed by atoms with E-state index in [2.05, 4.69) is 17.4 Å². The van der Waals surface area contributed by atoms with Crippen molar-refractivity contribution in [3.63, 3.8) is 0 Å². The van der Waals surface area contributed by atoms with Crippen LogP contribution in [-0.2, 0) is 14.3 Å². The van der Waals surface area contributed by atoms with Crippen LogP contribution in [0.2, 0.25) is 0 Å². The first-order valence-electron chi connectivity index (χ1n) is 12.0. The van der Waals surface area contributed by atoms with Crippen LogP contribution >= 0.6 is 0 Å². The van der Waals surface area contributed by atoms with Crippen LogP contribution in [0, 0.1) is 5.92 Å². The van der Waals surface area contributed by atoms with Crippen molar-refractivity contribution in [1.29, 1.82) is 0 Å². The van der Waals surface area contributed by atoms with E-state index in [0.29, 0.717) is 13.0 Å². The normalized spacial score (nSPS) is 20.2. The van der Waals surface area contributed by atoms with Gasteiger partial charge in [-0.15, -0.1) is 0 Å². The quantitative estimate of drug-likeness (QED) is 0.560. The van der Waals surface area contributed by atoms with Crippen molar-refractivity contribution in [3.05, 3.63) is 59.7 Å². The number of piperidine rings is 1. The van der Waals surface area contributed by atoms with Crippen LogP contribution in [0.25, 0.3) is 11.1 Å². The summed E-state index contributed by atoms with van der Waals surface area (Å²) in [7, 11) is 0. The molecule has 186 valence electrons. The van der Waals surface area contributed by atoms with Crippen LogP contribution in [0.3, 0.4) is 0 Å². The molecule has 0 spiro atoms. The zero-order valence-electron chi connectivity index (χ0n) is 20.1. The average molecular weight is 481 g/mol. The van der Waals surface area contributed by atoms with Gasteiger partial charge in [-0.25, -0.2) is 9.59 Å². The summed E-state index contributed by atoms with van der Waals surface area (Å²) in [4.78, 5) is 38.4. The van der Waals surface area contributed by atoms with Gasteiger partial charge >= 0.3 is 12.1 Å². The predicted octanol–water partition coefficient (Wildman–Crippen LogP) is 3.38. The molecule has 1 heterocycles. The van der Waals surface area contributed by atoms with E-state index in [9.17, 15) is 24.6 Å². The second kappa shape index (κ2) is 10.1. The smallest absolute Gasteiger partial charge is 0.407 e. The number of likely N-dealkylation sites (tertiary alicyclic amines) is 1. The molecule has 0 bridgehead atoms. The highest BCUT2D eigenvalue weighted by Crippen LogP contribution is 2.44. The largest absolute Gasteiger partial charge is 0.479 e. The van der Waals surface area contributed by atoms with Gasteiger partial charge in [0.1, 0.15) is 6.61 Å². The number of carboxylic acid groups (broad SMARTS) is 1. The SMILES string of the molecule is CC(C)[C@@H](CC(=O)N1CCCC(O)(C(=O)O)C1)NC(=O)OCC1c2ccccc2-c2ccccc21. The molecule has 1 aliphatic carbocycles. The van der Waals surface area contributed by atoms with Crippen molar-refractivity contribution in [3.8, 4) is 11.1 Å². The molecule has 35 heavy (non-hydrogen) atoms. The highest BCUT2D eigenvalue weighted by atomic mass is 16.5. The molecule has 2 atom stereocenters. The fourth-order valence-corrected chi connectivity index (χ4v) is 4.99. The number of benzene rings is 2. The number of aliphatic hydroxyl groups is 1. The number of alkyl carbamates (subject to hydrolysis) is 1. The van der Waals surface area contributed by atoms with E-state index in [1.54, 1.807) is 0 Å². The highest BCUT2D eigenvalue weighted by Gasteiger charge is 2.42. The lowest BCUT2D eigenvalue weighted by Crippen LogP contribution is -2.55. The van der Waals surface area contributed by atoms with Crippen molar-refractivity contribution in [2.45, 2.75) is 50.7 Å². The molecule has 2 aliphatic rings. The van der Waals surface area contributed by atoms with Crippen LogP contribution < -0.4 is 5.32 Å². The number of hydrogen-bond donors (Lipinski definition) is 3. The molecule has 3 N–H and O–H groups in total. The van der Waals surface area contributed by atoms with Crippen molar-refractivity contribution in [2.24, 2.45) is 5.92 Å². The molecule has 0 aromatic heterocycles. The van der Waals surface area contributed by atoms with E-state index in [0.717, 1.165) is 22.3 Å². The van der Waals surface area contributed by atoms with Gasteiger partial charge in [0.15, 0.2) is 5.60 Å². The van der Waals surface area contributed by atoms with Crippen LogP contribution in [0.15, 0.2) is 48.5 Å². The van der Waals surface area contributed by atoms with Crippen LogP contribution in [-0.4, -0.2) is 64.4 Å². The number of carboxylic acids is 1. The Labute approximate surface area is 204 Å². The number of β-amino-alcohol motifs (C(OH)–C–C–N with tert-alkyl or cyclic N) is 1. The lowest BCUT2D eigenvalue weighted by Gasteiger charge is -2.37. The molecule has 1 aliphatic heterocycles. The molecule has 2 amide bonds. The van der Waals surface area contributed by atoms with E-state index < -0.39 is 23.7 Å². The Balaban J connectivity index is 1.37. The third-order valence-corrected chi connectivity index (χ3v) is 7.07. The van der Waals surface area contributed by atoms with Gasteiger partial charge in [-0.3, -0.25) is 4.79 Å². The van der Waals surface area contributed by atoms with Gasteiger partial charge in [0.2, 0.25) is 5.91 Å². The van der Waals surface area contributed by atoms with Crippen molar-refractivity contribution < 1.29 is 29.3 Å². The number of carbonyl (C=O) groups is 3. The maximum atomic E-state index is 12.9. The fourth-order valence-electron chi connectivity index (χ4n) is 4.99. The van der Waals surface area contributed by atoms with E-state index in [4.69, 9.17) is 4.74 Å². The minimum atomic E-state index is -1.93. The zero-order chi connectivity index (χ0) is 25.2. The number of carbonyl (C=O) groups excluding carboxylic acids is 2. The first-order chi connectivity index (χ1) is 16.7. The third kappa shape index (κ3) is 5.17. The monoisotopic (exact) mass is 480 g/mol. The van der Waals surface area contributed by atoms with Crippen LogP contribution in [0.5, 0.6) is 0 Å². The number of amides is 2. The lowest BCUT2D eigenvalue weighted by atomic mass is 9.92. The lowest BCUT2D eigenvalue weighted by molar-refractivity contribution is -0.166. The van der Waals surface area contributed by atoms with Crippen LogP contribution in [0.4, 0.5) is 4.79 Å². The molecule has 1 saturated heterocycles. The number of rotatable bonds is 7. The van der Waals surface area contributed by atoms with Gasteiger partial charge in [-0.1, -0.05) is 62.4 Å². The van der Waals surface area contributed by atoms with Gasteiger partial charge < -0.3 is 25.2 Å². The Kier molecular flexibility index (Phi) is 7.12. The molecule has 4 rings (SSSR count). The maximum absolute atomic E-state index is 12.9. The summed E-state index contributed by atoms with van der Waals surface area (Å²) in [5.41, 5.74) is 2.60. The van der Waals surface area contributed by atoms with Gasteiger partial charge in [0.25, 0.3) is 0 Å². The second-order valence-corrected chi connectivity index (χ2v) is 9.78. The molecule has 1 unspecified atom stereocenters. The number of nitrogens with one attached hydrogen (secondary N) is 1. The molecule has 8 heteroatoms. The summed E-state index contributed by atoms with van der Waals surface area (Å²) in [6, 6.07) is 15.7. The standard InChI is InChI=1S/C27H32N2O6/c1-17(2)23(14-24(30)29-13-7-12-27(34,16-29)25(31)32)28-26(33)35-15-22-20-10-5-3-8-18(20)19-9-4-6-11-21(19)22/h3-6,8-11,17,22-23,34H,7,12-16H2,1-2H3,(H,28,33)(H,31,32)/t23-,27?/m1/s1. The van der Waals surface area contributed by atoms with Gasteiger partial charge in [-0.05, 0) is 41.0 Å². The van der Waals surface area contributed by atoms with E-state index in [-0.39, 0.29) is 43.7 Å². The fraction of sp³-hybridized carbons (Fsp3) is 0.444. The van der Waals surface area contributed by atoms with E-state index >= 15 is 0 Å². The third-order valence-electron chi connectivity index (χ3n) is 7.07. The summed E-state index contributed by atoms with van der Waals surface area (Å²) in [6.07, 6.45) is -0.0882. The number of fused-ring (bicyclic) bond motifs is 3. The number of hydrogen-bond acceptors (Lipinski definition) is 5. The Bertz CT molecular complexity index is 1070. The molecule has 8 nitrogen and oxygen atoms in total. The molecular formula is C27H32N2O6. The van der Waals surface area contributed by atoms with Crippen LogP contribution in [0.1, 0.15) is 50.2 Å². The Morgan fingerprint density at radius 2 is 1.69 bits per heavy atom. The average Bonchev–Trinajstić information content (AvgIpc) is 3.16. The van der Waals surface area contributed by atoms with Gasteiger partial charge in [0.05, 0.1) is 6.54 Å². The van der Waals surface area contributed by atoms with E-state index in [1.165, 1.54) is 4.90 Å². The van der Waals surface area contributed by atoms with Crippen molar-refractivity contribution in [1.82, 2.24) is 10.2 Å². The van der Waals surface area contributed by atoms with Gasteiger partial charge in [-0.2, -0.15) is 0 Å². The summed E-state index contributed by atoms with van der Waals surface area (Å²) in [5, 5.41) is 22.4. The predicted molar refractivity (Wildman–Crippen MR) is 130 cm³/mol. The molecular weight excluding hydrogens is 448 g/mol. The summed E-state index contributed by atoms with van der Waals surface area (Å²) < 4.78 is 5.62. The molecule has 2 aromatic rings. The highest BCUT2D eigenvalue weighted by molar-refractivity contribution is 5.82. The second-order valence-electron chi connectivity index (χ2n) is 9.78. The molecule has 0 radical (unpaired) electrons. The summed E-state index contributed by atoms with van der Waals surface area (Å²) in [6.45, 7) is 4.09. The summed E-state index contributed by atoms with van der Waals surface area (Å²) in [5.74, 6) is -1.74. The van der Waals surface area contributed by atoms with E-state index in [1.807, 2.05) is 50.2 Å². The molecule has 0 saturated carbocycles. The molecule has 2 aromatic carbocycles. The topological polar surface area (TPSA) is 116 Å². The zero-order valence-corrected chi connectivity index (χ0v) is 20.1. The Morgan fingerprint density at radius 1 is 1.09 bits per heavy atom. The minimum Gasteiger partial charge on any atom is -0.479 e.